The van der Waals surface area contributed by atoms with Crippen LogP contribution in [-0.2, 0) is 4.79 Å². The molecule has 0 aromatic heterocycles. The Morgan fingerprint density at radius 3 is 2.37 bits per heavy atom. The molecule has 0 saturated carbocycles. The molecule has 1 saturated heterocycles. The summed E-state index contributed by atoms with van der Waals surface area (Å²) in [5, 5.41) is 0. The maximum absolute atomic E-state index is 11.7. The highest BCUT2D eigenvalue weighted by Gasteiger charge is 2.20. The van der Waals surface area contributed by atoms with Gasteiger partial charge in [0.2, 0.25) is 5.91 Å². The van der Waals surface area contributed by atoms with E-state index in [1.165, 1.54) is 11.3 Å². The fraction of sp³-hybridized carbons (Fsp3) is 0.533. The Kier molecular flexibility index (Phi) is 4.43. The van der Waals surface area contributed by atoms with E-state index in [4.69, 9.17) is 0 Å². The predicted octanol–water partition coefficient (Wildman–Crippen LogP) is 1.21. The molecule has 1 heterocycles. The third-order valence-electron chi connectivity index (χ3n) is 3.69. The fourth-order valence-electron chi connectivity index (χ4n) is 2.40. The molecule has 1 aromatic rings. The first-order chi connectivity index (χ1) is 9.08. The minimum atomic E-state index is 0.185. The Morgan fingerprint density at radius 2 is 1.79 bits per heavy atom. The zero-order valence-electron chi connectivity index (χ0n) is 12.1. The number of piperazine rings is 1. The standard InChI is InChI=1S/C15H23N3O/c1-13-6-4-5-7-14(13)18-10-8-17(9-11-18)12-15(19)16(2)3/h4-7H,8-12H2,1-3H3. The van der Waals surface area contributed by atoms with Crippen molar-refractivity contribution in [3.63, 3.8) is 0 Å². The molecule has 4 heteroatoms. The van der Waals surface area contributed by atoms with E-state index < -0.39 is 0 Å². The summed E-state index contributed by atoms with van der Waals surface area (Å²) in [5.41, 5.74) is 2.64. The summed E-state index contributed by atoms with van der Waals surface area (Å²) in [6, 6.07) is 8.49. The van der Waals surface area contributed by atoms with Crippen LogP contribution in [-0.4, -0.2) is 62.5 Å². The second kappa shape index (κ2) is 6.06. The summed E-state index contributed by atoms with van der Waals surface area (Å²) < 4.78 is 0. The van der Waals surface area contributed by atoms with Crippen LogP contribution in [0.5, 0.6) is 0 Å². The molecule has 1 aromatic carbocycles. The van der Waals surface area contributed by atoms with Gasteiger partial charge in [0.15, 0.2) is 0 Å². The van der Waals surface area contributed by atoms with Gasteiger partial charge < -0.3 is 9.80 Å². The Bertz CT molecular complexity index is 437. The average Bonchev–Trinajstić information content (AvgIpc) is 2.40. The molecule has 4 nitrogen and oxygen atoms in total. The first-order valence-corrected chi connectivity index (χ1v) is 6.81. The summed E-state index contributed by atoms with van der Waals surface area (Å²) in [7, 11) is 3.62. The van der Waals surface area contributed by atoms with Crippen molar-refractivity contribution in [1.29, 1.82) is 0 Å². The third-order valence-corrected chi connectivity index (χ3v) is 3.69. The number of amides is 1. The normalized spacial score (nSPS) is 16.5. The van der Waals surface area contributed by atoms with Gasteiger partial charge in [-0.3, -0.25) is 9.69 Å². The van der Waals surface area contributed by atoms with Crippen molar-refractivity contribution in [2.24, 2.45) is 0 Å². The average molecular weight is 261 g/mol. The lowest BCUT2D eigenvalue weighted by Crippen LogP contribution is -2.49. The highest BCUT2D eigenvalue weighted by molar-refractivity contribution is 5.77. The molecule has 104 valence electrons. The molecule has 1 fully saturated rings. The molecule has 0 spiro atoms. The van der Waals surface area contributed by atoms with Crippen molar-refractivity contribution in [2.75, 3.05) is 51.7 Å². The highest BCUT2D eigenvalue weighted by Crippen LogP contribution is 2.20. The SMILES string of the molecule is Cc1ccccc1N1CCN(CC(=O)N(C)C)CC1. The molecular formula is C15H23N3O. The molecule has 19 heavy (non-hydrogen) atoms. The van der Waals surface area contributed by atoms with Crippen LogP contribution in [0.4, 0.5) is 5.69 Å². The number of rotatable bonds is 3. The van der Waals surface area contributed by atoms with Crippen molar-refractivity contribution in [3.05, 3.63) is 29.8 Å². The summed E-state index contributed by atoms with van der Waals surface area (Å²) >= 11 is 0. The van der Waals surface area contributed by atoms with Gasteiger partial charge in [-0.05, 0) is 18.6 Å². The highest BCUT2D eigenvalue weighted by atomic mass is 16.2. The van der Waals surface area contributed by atoms with Crippen molar-refractivity contribution < 1.29 is 4.79 Å². The molecule has 0 aliphatic carbocycles. The molecule has 0 atom stereocenters. The molecule has 0 radical (unpaired) electrons. The van der Waals surface area contributed by atoms with E-state index in [1.54, 1.807) is 4.90 Å². The first-order valence-electron chi connectivity index (χ1n) is 6.81. The number of nitrogens with zero attached hydrogens (tertiary/aromatic N) is 3. The first kappa shape index (κ1) is 13.9. The molecule has 2 rings (SSSR count). The lowest BCUT2D eigenvalue weighted by molar-refractivity contribution is -0.129. The zero-order valence-corrected chi connectivity index (χ0v) is 12.1. The second-order valence-corrected chi connectivity index (χ2v) is 5.34. The van der Waals surface area contributed by atoms with Gasteiger partial charge in [-0.25, -0.2) is 0 Å². The number of hydrogen-bond acceptors (Lipinski definition) is 3. The van der Waals surface area contributed by atoms with E-state index >= 15 is 0 Å². The number of anilines is 1. The smallest absolute Gasteiger partial charge is 0.236 e. The molecule has 0 unspecified atom stereocenters. The lowest BCUT2D eigenvalue weighted by Gasteiger charge is -2.36. The van der Waals surface area contributed by atoms with Crippen molar-refractivity contribution >= 4 is 11.6 Å². The Hall–Kier alpha value is -1.55. The molecule has 1 aliphatic heterocycles. The van der Waals surface area contributed by atoms with Gasteiger partial charge in [0.25, 0.3) is 0 Å². The number of benzene rings is 1. The van der Waals surface area contributed by atoms with Crippen LogP contribution in [0, 0.1) is 6.92 Å². The fourth-order valence-corrected chi connectivity index (χ4v) is 2.40. The number of hydrogen-bond donors (Lipinski definition) is 0. The van der Waals surface area contributed by atoms with E-state index in [2.05, 4.69) is 41.0 Å². The quantitative estimate of drug-likeness (QED) is 0.818. The van der Waals surface area contributed by atoms with E-state index in [9.17, 15) is 4.79 Å². The van der Waals surface area contributed by atoms with E-state index in [0.29, 0.717) is 6.54 Å². The third kappa shape index (κ3) is 3.47. The monoisotopic (exact) mass is 261 g/mol. The minimum Gasteiger partial charge on any atom is -0.369 e. The molecule has 1 aliphatic rings. The maximum Gasteiger partial charge on any atom is 0.236 e. The number of carbonyl (C=O) groups is 1. The molecule has 1 amide bonds. The van der Waals surface area contributed by atoms with Crippen LogP contribution < -0.4 is 4.90 Å². The van der Waals surface area contributed by atoms with Gasteiger partial charge in [0, 0.05) is 46.0 Å². The molecule has 0 N–H and O–H groups in total. The second-order valence-electron chi connectivity index (χ2n) is 5.34. The van der Waals surface area contributed by atoms with Crippen molar-refractivity contribution in [1.82, 2.24) is 9.80 Å². The van der Waals surface area contributed by atoms with Gasteiger partial charge in [-0.2, -0.15) is 0 Å². The van der Waals surface area contributed by atoms with E-state index in [0.717, 1.165) is 26.2 Å². The van der Waals surface area contributed by atoms with Crippen LogP contribution in [0.2, 0.25) is 0 Å². The van der Waals surface area contributed by atoms with Crippen LogP contribution in [0.15, 0.2) is 24.3 Å². The number of likely N-dealkylation sites (N-methyl/N-ethyl adjacent to an activating group) is 1. The molecular weight excluding hydrogens is 238 g/mol. The van der Waals surface area contributed by atoms with Crippen LogP contribution in [0.1, 0.15) is 5.56 Å². The van der Waals surface area contributed by atoms with Gasteiger partial charge >= 0.3 is 0 Å². The number of aryl methyl sites for hydroxylation is 1. The van der Waals surface area contributed by atoms with Crippen LogP contribution in [0.25, 0.3) is 0 Å². The summed E-state index contributed by atoms with van der Waals surface area (Å²) in [5.74, 6) is 0.185. The summed E-state index contributed by atoms with van der Waals surface area (Å²) in [4.78, 5) is 18.0. The van der Waals surface area contributed by atoms with Crippen molar-refractivity contribution in [2.45, 2.75) is 6.92 Å². The topological polar surface area (TPSA) is 26.8 Å². The largest absolute Gasteiger partial charge is 0.369 e. The minimum absolute atomic E-state index is 0.185. The Morgan fingerprint density at radius 1 is 1.16 bits per heavy atom. The van der Waals surface area contributed by atoms with E-state index in [-0.39, 0.29) is 5.91 Å². The van der Waals surface area contributed by atoms with E-state index in [1.807, 2.05) is 14.1 Å². The van der Waals surface area contributed by atoms with Gasteiger partial charge in [0.1, 0.15) is 0 Å². The lowest BCUT2D eigenvalue weighted by atomic mass is 10.1. The van der Waals surface area contributed by atoms with Crippen molar-refractivity contribution in [3.8, 4) is 0 Å². The summed E-state index contributed by atoms with van der Waals surface area (Å²) in [6.07, 6.45) is 0. The Labute approximate surface area is 115 Å². The number of carbonyl (C=O) groups excluding carboxylic acids is 1. The zero-order chi connectivity index (χ0) is 13.8. The summed E-state index contributed by atoms with van der Waals surface area (Å²) in [6.45, 7) is 6.57. The van der Waals surface area contributed by atoms with Gasteiger partial charge in [-0.15, -0.1) is 0 Å². The van der Waals surface area contributed by atoms with Crippen LogP contribution >= 0.6 is 0 Å². The number of para-hydroxylation sites is 1. The van der Waals surface area contributed by atoms with Crippen LogP contribution in [0.3, 0.4) is 0 Å². The predicted molar refractivity (Wildman–Crippen MR) is 78.5 cm³/mol. The maximum atomic E-state index is 11.7. The van der Waals surface area contributed by atoms with Gasteiger partial charge in [0.05, 0.1) is 6.54 Å². The molecule has 0 bridgehead atoms. The van der Waals surface area contributed by atoms with Gasteiger partial charge in [-0.1, -0.05) is 18.2 Å². The Balaban J connectivity index is 1.89.